The number of nitrogens with zero attached hydrogens (tertiary/aromatic N) is 1. The van der Waals surface area contributed by atoms with Crippen molar-refractivity contribution >= 4 is 11.9 Å². The zero-order chi connectivity index (χ0) is 13.4. The van der Waals surface area contributed by atoms with Crippen LogP contribution < -0.4 is 0 Å². The third kappa shape index (κ3) is 1.66. The van der Waals surface area contributed by atoms with E-state index in [4.69, 9.17) is 4.99 Å². The van der Waals surface area contributed by atoms with E-state index in [1.807, 2.05) is 0 Å². The molecule has 2 aliphatic rings. The Morgan fingerprint density at radius 1 is 0.900 bits per heavy atom. The van der Waals surface area contributed by atoms with Crippen LogP contribution in [0.2, 0.25) is 0 Å². The average Bonchev–Trinajstić information content (AvgIpc) is 2.89. The molecule has 1 heteroatoms. The Kier molecular flexibility index (Phi) is 2.73. The highest BCUT2D eigenvalue weighted by Gasteiger charge is 2.45. The molecule has 1 fully saturated rings. The molecule has 4 rings (SSSR count). The number of benzene rings is 2. The van der Waals surface area contributed by atoms with E-state index in [0.717, 1.165) is 0 Å². The lowest BCUT2D eigenvalue weighted by atomic mass is 9.61. The van der Waals surface area contributed by atoms with Gasteiger partial charge in [0, 0.05) is 11.6 Å². The minimum absolute atomic E-state index is 0.135. The largest absolute Gasteiger partial charge is 0.260 e. The van der Waals surface area contributed by atoms with Gasteiger partial charge in [-0.1, -0.05) is 61.4 Å². The summed E-state index contributed by atoms with van der Waals surface area (Å²) in [5, 5.41) is 0. The van der Waals surface area contributed by atoms with E-state index in [1.165, 1.54) is 42.5 Å². The minimum atomic E-state index is 0.135. The third-order valence-electron chi connectivity index (χ3n) is 5.00. The standard InChI is InChI=1S/C19H19N/c1-2-8-15(9-3-1)16-10-6-7-13-19(16)14-20-18-12-5-4-11-17(18)19/h1-5,8-9,11-12,14,16H,6-7,10,13H2. The first kappa shape index (κ1) is 11.9. The predicted molar refractivity (Wildman–Crippen MR) is 83.9 cm³/mol. The Hall–Kier alpha value is -1.89. The van der Waals surface area contributed by atoms with Crippen molar-refractivity contribution in [3.63, 3.8) is 0 Å². The van der Waals surface area contributed by atoms with Gasteiger partial charge in [0.1, 0.15) is 0 Å². The number of hydrogen-bond acceptors (Lipinski definition) is 1. The van der Waals surface area contributed by atoms with E-state index >= 15 is 0 Å². The summed E-state index contributed by atoms with van der Waals surface area (Å²) in [5.74, 6) is 0.574. The highest BCUT2D eigenvalue weighted by Crippen LogP contribution is 2.53. The first-order chi connectivity index (χ1) is 9.90. The van der Waals surface area contributed by atoms with Crippen LogP contribution in [0.25, 0.3) is 0 Å². The Labute approximate surface area is 120 Å². The highest BCUT2D eigenvalue weighted by molar-refractivity contribution is 5.86. The van der Waals surface area contributed by atoms with Gasteiger partial charge in [0.2, 0.25) is 0 Å². The molecule has 0 radical (unpaired) electrons. The molecular weight excluding hydrogens is 242 g/mol. The fourth-order valence-corrected chi connectivity index (χ4v) is 4.06. The smallest absolute Gasteiger partial charge is 0.0667 e. The second-order valence-corrected chi connectivity index (χ2v) is 6.02. The molecule has 0 aromatic heterocycles. The van der Waals surface area contributed by atoms with E-state index in [2.05, 4.69) is 60.8 Å². The molecule has 0 bridgehead atoms. The van der Waals surface area contributed by atoms with Crippen molar-refractivity contribution in [2.24, 2.45) is 4.99 Å². The third-order valence-corrected chi connectivity index (χ3v) is 5.00. The Bertz CT molecular complexity index is 644. The van der Waals surface area contributed by atoms with E-state index in [9.17, 15) is 0 Å². The van der Waals surface area contributed by atoms with E-state index in [0.29, 0.717) is 5.92 Å². The summed E-state index contributed by atoms with van der Waals surface area (Å²) in [4.78, 5) is 4.73. The van der Waals surface area contributed by atoms with Crippen molar-refractivity contribution in [3.8, 4) is 0 Å². The molecule has 1 heterocycles. The van der Waals surface area contributed by atoms with Crippen molar-refractivity contribution in [1.29, 1.82) is 0 Å². The first-order valence-electron chi connectivity index (χ1n) is 7.60. The van der Waals surface area contributed by atoms with Gasteiger partial charge < -0.3 is 0 Å². The van der Waals surface area contributed by atoms with Crippen LogP contribution in [0.15, 0.2) is 59.6 Å². The van der Waals surface area contributed by atoms with Crippen molar-refractivity contribution in [2.75, 3.05) is 0 Å². The number of rotatable bonds is 1. The maximum atomic E-state index is 4.73. The van der Waals surface area contributed by atoms with Crippen LogP contribution in [0, 0.1) is 0 Å². The second-order valence-electron chi connectivity index (χ2n) is 6.02. The van der Waals surface area contributed by atoms with E-state index in [1.54, 1.807) is 0 Å². The first-order valence-corrected chi connectivity index (χ1v) is 7.60. The van der Waals surface area contributed by atoms with Crippen LogP contribution >= 0.6 is 0 Å². The van der Waals surface area contributed by atoms with Gasteiger partial charge in [-0.3, -0.25) is 4.99 Å². The van der Waals surface area contributed by atoms with Crippen molar-refractivity contribution < 1.29 is 0 Å². The molecule has 1 spiro atoms. The normalized spacial score (nSPS) is 27.7. The summed E-state index contributed by atoms with van der Waals surface area (Å²) in [5.41, 5.74) is 4.22. The topological polar surface area (TPSA) is 12.4 Å². The molecule has 2 atom stereocenters. The summed E-state index contributed by atoms with van der Waals surface area (Å²) in [6.07, 6.45) is 7.38. The van der Waals surface area contributed by atoms with E-state index in [-0.39, 0.29) is 5.41 Å². The second kappa shape index (κ2) is 4.59. The summed E-state index contributed by atoms with van der Waals surface area (Å²) in [6.45, 7) is 0. The number of hydrogen-bond donors (Lipinski definition) is 0. The fraction of sp³-hybridized carbons (Fsp3) is 0.316. The fourth-order valence-electron chi connectivity index (χ4n) is 4.06. The lowest BCUT2D eigenvalue weighted by molar-refractivity contribution is 0.336. The van der Waals surface area contributed by atoms with Crippen LogP contribution in [0.1, 0.15) is 42.7 Å². The molecule has 0 N–H and O–H groups in total. The molecule has 0 saturated heterocycles. The Morgan fingerprint density at radius 3 is 2.60 bits per heavy atom. The van der Waals surface area contributed by atoms with Gasteiger partial charge in [-0.05, 0) is 36.0 Å². The molecule has 0 amide bonds. The molecule has 1 aliphatic heterocycles. The monoisotopic (exact) mass is 261 g/mol. The maximum absolute atomic E-state index is 4.73. The molecule has 2 aromatic carbocycles. The van der Waals surface area contributed by atoms with Gasteiger partial charge in [0.05, 0.1) is 5.69 Å². The molecular formula is C19H19N. The summed E-state index contributed by atoms with van der Waals surface area (Å²) in [7, 11) is 0. The van der Waals surface area contributed by atoms with Gasteiger partial charge in [0.25, 0.3) is 0 Å². The quantitative estimate of drug-likeness (QED) is 0.685. The van der Waals surface area contributed by atoms with Crippen molar-refractivity contribution in [3.05, 3.63) is 65.7 Å². The highest BCUT2D eigenvalue weighted by atomic mass is 14.8. The average molecular weight is 261 g/mol. The zero-order valence-corrected chi connectivity index (χ0v) is 11.6. The van der Waals surface area contributed by atoms with Crippen LogP contribution in [-0.2, 0) is 5.41 Å². The van der Waals surface area contributed by atoms with Crippen molar-refractivity contribution in [2.45, 2.75) is 37.0 Å². The number of fused-ring (bicyclic) bond motifs is 2. The molecule has 2 aromatic rings. The van der Waals surface area contributed by atoms with Crippen LogP contribution in [0.4, 0.5) is 5.69 Å². The van der Waals surface area contributed by atoms with Gasteiger partial charge in [-0.2, -0.15) is 0 Å². The predicted octanol–water partition coefficient (Wildman–Crippen LogP) is 5.00. The van der Waals surface area contributed by atoms with Crippen LogP contribution in [-0.4, -0.2) is 6.21 Å². The van der Waals surface area contributed by atoms with Gasteiger partial charge in [0.15, 0.2) is 0 Å². The van der Waals surface area contributed by atoms with Crippen LogP contribution in [0.5, 0.6) is 0 Å². The molecule has 20 heavy (non-hydrogen) atoms. The summed E-state index contributed by atoms with van der Waals surface area (Å²) >= 11 is 0. The molecule has 100 valence electrons. The molecule has 1 aliphatic carbocycles. The number of aliphatic imine (C=N–C) groups is 1. The van der Waals surface area contributed by atoms with Gasteiger partial charge >= 0.3 is 0 Å². The number of para-hydroxylation sites is 1. The Balaban J connectivity index is 1.85. The van der Waals surface area contributed by atoms with Gasteiger partial charge in [-0.25, -0.2) is 0 Å². The van der Waals surface area contributed by atoms with Crippen LogP contribution in [0.3, 0.4) is 0 Å². The summed E-state index contributed by atoms with van der Waals surface area (Å²) < 4.78 is 0. The zero-order valence-electron chi connectivity index (χ0n) is 11.6. The SMILES string of the molecule is C1=Nc2ccccc2C12CCCCC2c1ccccc1. The van der Waals surface area contributed by atoms with E-state index < -0.39 is 0 Å². The summed E-state index contributed by atoms with van der Waals surface area (Å²) in [6, 6.07) is 19.7. The molecule has 2 unspecified atom stereocenters. The lowest BCUT2D eigenvalue weighted by Crippen LogP contribution is -2.36. The van der Waals surface area contributed by atoms with Crippen molar-refractivity contribution in [1.82, 2.24) is 0 Å². The Morgan fingerprint density at radius 2 is 1.70 bits per heavy atom. The maximum Gasteiger partial charge on any atom is 0.0667 e. The van der Waals surface area contributed by atoms with Gasteiger partial charge in [-0.15, -0.1) is 0 Å². The lowest BCUT2D eigenvalue weighted by Gasteiger charge is -2.40. The minimum Gasteiger partial charge on any atom is -0.260 e. The molecule has 1 saturated carbocycles. The molecule has 1 nitrogen and oxygen atoms in total.